The number of carbonyl (C=O) groups is 3. The molecule has 0 bridgehead atoms. The van der Waals surface area contributed by atoms with E-state index < -0.39 is 70.8 Å². The molecule has 3 rings (SSSR count). The van der Waals surface area contributed by atoms with Gasteiger partial charge in [-0.2, -0.15) is 0 Å². The molecule has 0 aromatic heterocycles. The van der Waals surface area contributed by atoms with Gasteiger partial charge < -0.3 is 60.2 Å². The Morgan fingerprint density at radius 1 is 0.619 bits per heavy atom. The molecule has 3 aromatic carbocycles. The van der Waals surface area contributed by atoms with Crippen LogP contribution in [0.3, 0.4) is 0 Å². The van der Waals surface area contributed by atoms with Gasteiger partial charge in [-0.05, 0) is 55.8 Å². The van der Waals surface area contributed by atoms with Crippen molar-refractivity contribution in [1.29, 1.82) is 0 Å². The fraction of sp³-hybridized carbons (Fsp3) is 0.222. The Balaban J connectivity index is 0.000000518. The molecule has 0 unspecified atom stereocenters. The van der Waals surface area contributed by atoms with Crippen LogP contribution in [0.4, 0.5) is 0 Å². The Morgan fingerprint density at radius 3 is 1.24 bits per heavy atom. The number of benzene rings is 3. The zero-order chi connectivity index (χ0) is 31.8. The van der Waals surface area contributed by atoms with Crippen LogP contribution < -0.4 is 0 Å². The fourth-order valence-corrected chi connectivity index (χ4v) is 3.19. The van der Waals surface area contributed by atoms with Crippen LogP contribution in [0.2, 0.25) is 0 Å². The minimum Gasteiger partial charge on any atom is -0.504 e. The standard InChI is InChI=1S/C20H20O12.C7H8O3/c1-20(6-30-9-21,7-31-18(28)10-2-12(22)16(26)13(23)3-10)8-32-19(29)11-4-14(24)17(27)15(25)5-11;1-4-2-5(8)7(10)6(9)3-4/h2-5,9,22-27H,6-8H2,1H3;2-3,8-10H,1H3. The lowest BCUT2D eigenvalue weighted by molar-refractivity contribution is -0.133. The maximum Gasteiger partial charge on any atom is 0.338 e. The van der Waals surface area contributed by atoms with E-state index in [0.29, 0.717) is 5.56 Å². The van der Waals surface area contributed by atoms with E-state index in [1.807, 2.05) is 0 Å². The highest BCUT2D eigenvalue weighted by Gasteiger charge is 2.31. The quantitative estimate of drug-likeness (QED) is 0.0746. The summed E-state index contributed by atoms with van der Waals surface area (Å²) in [4.78, 5) is 35.0. The van der Waals surface area contributed by atoms with Crippen molar-refractivity contribution in [3.05, 3.63) is 53.1 Å². The van der Waals surface area contributed by atoms with Crippen molar-refractivity contribution >= 4 is 18.4 Å². The van der Waals surface area contributed by atoms with E-state index in [0.717, 1.165) is 24.3 Å². The zero-order valence-electron chi connectivity index (χ0n) is 22.1. The van der Waals surface area contributed by atoms with Gasteiger partial charge in [0.15, 0.2) is 51.7 Å². The van der Waals surface area contributed by atoms with Crippen molar-refractivity contribution in [3.8, 4) is 51.7 Å². The summed E-state index contributed by atoms with van der Waals surface area (Å²) >= 11 is 0. The van der Waals surface area contributed by atoms with Gasteiger partial charge in [0.1, 0.15) is 19.8 Å². The molecule has 15 nitrogen and oxygen atoms in total. The average Bonchev–Trinajstić information content (AvgIpc) is 2.93. The lowest BCUT2D eigenvalue weighted by Gasteiger charge is -2.27. The van der Waals surface area contributed by atoms with Crippen LogP contribution in [0.1, 0.15) is 33.2 Å². The average molecular weight is 593 g/mol. The summed E-state index contributed by atoms with van der Waals surface area (Å²) in [5, 5.41) is 83.2. The van der Waals surface area contributed by atoms with Crippen LogP contribution in [-0.4, -0.2) is 84.2 Å². The van der Waals surface area contributed by atoms with E-state index in [4.69, 9.17) is 29.5 Å². The highest BCUT2D eigenvalue weighted by molar-refractivity contribution is 5.91. The van der Waals surface area contributed by atoms with Gasteiger partial charge in [0.25, 0.3) is 6.47 Å². The van der Waals surface area contributed by atoms with E-state index >= 15 is 0 Å². The second-order valence-corrected chi connectivity index (χ2v) is 9.25. The van der Waals surface area contributed by atoms with Gasteiger partial charge >= 0.3 is 11.9 Å². The smallest absolute Gasteiger partial charge is 0.338 e. The van der Waals surface area contributed by atoms with Crippen LogP contribution in [0.25, 0.3) is 0 Å². The minimum atomic E-state index is -1.24. The molecule has 0 atom stereocenters. The van der Waals surface area contributed by atoms with E-state index in [1.54, 1.807) is 6.92 Å². The van der Waals surface area contributed by atoms with Crippen molar-refractivity contribution in [3.63, 3.8) is 0 Å². The van der Waals surface area contributed by atoms with Gasteiger partial charge in [-0.25, -0.2) is 9.59 Å². The van der Waals surface area contributed by atoms with Crippen molar-refractivity contribution in [2.75, 3.05) is 19.8 Å². The van der Waals surface area contributed by atoms with Crippen LogP contribution in [-0.2, 0) is 19.0 Å². The summed E-state index contributed by atoms with van der Waals surface area (Å²) in [6.45, 7) is 2.07. The maximum atomic E-state index is 12.2. The second kappa shape index (κ2) is 13.6. The van der Waals surface area contributed by atoms with Gasteiger partial charge in [0.05, 0.1) is 16.5 Å². The van der Waals surface area contributed by atoms with Crippen LogP contribution in [0.15, 0.2) is 36.4 Å². The molecule has 0 spiro atoms. The minimum absolute atomic E-state index is 0.133. The summed E-state index contributed by atoms with van der Waals surface area (Å²) in [5.41, 5.74) is -1.12. The van der Waals surface area contributed by atoms with Gasteiger partial charge in [-0.3, -0.25) is 4.79 Å². The molecule has 0 saturated heterocycles. The first kappa shape index (κ1) is 32.5. The number of aromatic hydroxyl groups is 9. The molecule has 3 aromatic rings. The monoisotopic (exact) mass is 592 g/mol. The molecule has 0 amide bonds. The Kier molecular flexibility index (Phi) is 10.5. The Morgan fingerprint density at radius 2 is 0.929 bits per heavy atom. The number of hydrogen-bond acceptors (Lipinski definition) is 15. The van der Waals surface area contributed by atoms with Crippen molar-refractivity contribution in [1.82, 2.24) is 0 Å². The number of aryl methyl sites for hydroxylation is 1. The number of esters is 2. The highest BCUT2D eigenvalue weighted by atomic mass is 16.6. The molecule has 9 N–H and O–H groups in total. The lowest BCUT2D eigenvalue weighted by atomic mass is 9.94. The predicted octanol–water partition coefficient (Wildman–Crippen LogP) is 2.23. The van der Waals surface area contributed by atoms with Crippen molar-refractivity contribution in [2.45, 2.75) is 13.8 Å². The lowest BCUT2D eigenvalue weighted by Crippen LogP contribution is -2.36. The summed E-state index contributed by atoms with van der Waals surface area (Å²) in [5.74, 6) is -7.71. The van der Waals surface area contributed by atoms with Crippen molar-refractivity contribution < 1.29 is 74.6 Å². The summed E-state index contributed by atoms with van der Waals surface area (Å²) < 4.78 is 14.9. The molecule has 0 aliphatic rings. The third kappa shape index (κ3) is 8.38. The first-order valence-corrected chi connectivity index (χ1v) is 11.7. The zero-order valence-corrected chi connectivity index (χ0v) is 22.1. The molecular weight excluding hydrogens is 564 g/mol. The molecule has 0 aliphatic heterocycles. The van der Waals surface area contributed by atoms with Crippen LogP contribution in [0.5, 0.6) is 51.7 Å². The van der Waals surface area contributed by atoms with E-state index in [2.05, 4.69) is 0 Å². The Labute approximate surface area is 237 Å². The molecule has 15 heteroatoms. The first-order chi connectivity index (χ1) is 19.6. The van der Waals surface area contributed by atoms with Crippen LogP contribution >= 0.6 is 0 Å². The Hall–Kier alpha value is -5.73. The van der Waals surface area contributed by atoms with Gasteiger partial charge in [0, 0.05) is 0 Å². The molecule has 0 saturated carbocycles. The molecule has 0 radical (unpaired) electrons. The molecule has 0 heterocycles. The first-order valence-electron chi connectivity index (χ1n) is 11.7. The highest BCUT2D eigenvalue weighted by Crippen LogP contribution is 2.37. The number of rotatable bonds is 9. The van der Waals surface area contributed by atoms with Gasteiger partial charge in [0.2, 0.25) is 0 Å². The largest absolute Gasteiger partial charge is 0.504 e. The molecule has 0 aliphatic carbocycles. The van der Waals surface area contributed by atoms with Crippen LogP contribution in [0, 0.1) is 12.3 Å². The number of ether oxygens (including phenoxy) is 3. The molecule has 42 heavy (non-hydrogen) atoms. The third-order valence-electron chi connectivity index (χ3n) is 5.43. The predicted molar refractivity (Wildman–Crippen MR) is 140 cm³/mol. The SMILES string of the molecule is CC(COC=O)(COC(=O)c1cc(O)c(O)c(O)c1)COC(=O)c1cc(O)c(O)c(O)c1.Cc1cc(O)c(O)c(O)c1. The third-order valence-corrected chi connectivity index (χ3v) is 5.43. The summed E-state index contributed by atoms with van der Waals surface area (Å²) in [6.07, 6.45) is 0. The van der Waals surface area contributed by atoms with E-state index in [1.165, 1.54) is 19.1 Å². The molecule has 226 valence electrons. The normalized spacial score (nSPS) is 10.6. The second-order valence-electron chi connectivity index (χ2n) is 9.25. The molecular formula is C27H28O15. The summed E-state index contributed by atoms with van der Waals surface area (Å²) in [6, 6.07) is 6.19. The number of phenols is 9. The van der Waals surface area contributed by atoms with Gasteiger partial charge in [-0.1, -0.05) is 0 Å². The fourth-order valence-electron chi connectivity index (χ4n) is 3.19. The maximum absolute atomic E-state index is 12.2. The number of carbonyl (C=O) groups excluding carboxylic acids is 3. The molecule has 0 fully saturated rings. The Bertz CT molecular complexity index is 1320. The summed E-state index contributed by atoms with van der Waals surface area (Å²) in [7, 11) is 0. The van der Waals surface area contributed by atoms with Crippen molar-refractivity contribution in [2.24, 2.45) is 5.41 Å². The van der Waals surface area contributed by atoms with E-state index in [-0.39, 0.29) is 35.7 Å². The number of phenolic OH excluding ortho intramolecular Hbond substituents is 9. The topological polar surface area (TPSA) is 261 Å². The van der Waals surface area contributed by atoms with Gasteiger partial charge in [-0.15, -0.1) is 0 Å². The van der Waals surface area contributed by atoms with E-state index in [9.17, 15) is 45.0 Å². The number of hydrogen-bond donors (Lipinski definition) is 9.